The fraction of sp³-hybridized carbons (Fsp3) is 0.778. The Balaban J connectivity index is 2.29. The lowest BCUT2D eigenvalue weighted by Gasteiger charge is -2.38. The number of esters is 1. The second kappa shape index (κ2) is 18.5. The minimum atomic E-state index is -1.24. The summed E-state index contributed by atoms with van der Waals surface area (Å²) in [6.07, 6.45) is 5.73. The van der Waals surface area contributed by atoms with E-state index in [2.05, 4.69) is 4.90 Å². The second-order valence-corrected chi connectivity index (χ2v) is 14.3. The number of cyclic esters (lactones) is 1. The van der Waals surface area contributed by atoms with Crippen LogP contribution in [0.25, 0.3) is 0 Å². The lowest BCUT2D eigenvalue weighted by atomic mass is 9.82. The molecule has 2 rings (SSSR count). The van der Waals surface area contributed by atoms with E-state index in [1.54, 1.807) is 50.2 Å². The Bertz CT molecular complexity index is 1080. The molecule has 0 aromatic heterocycles. The third-order valence-corrected chi connectivity index (χ3v) is 9.90. The number of aliphatic hydroxyl groups excluding tert-OH is 3. The Hall–Kier alpha value is -2.28. The van der Waals surface area contributed by atoms with Gasteiger partial charge in [-0.2, -0.15) is 0 Å². The Morgan fingerprint density at radius 3 is 2.45 bits per heavy atom. The number of likely N-dealkylation sites (N-methyl/N-ethyl adjacent to an activating group) is 1. The Kier molecular flexibility index (Phi) is 16.1. The van der Waals surface area contributed by atoms with Crippen molar-refractivity contribution in [2.24, 2.45) is 17.8 Å². The molecule has 0 bridgehead atoms. The van der Waals surface area contributed by atoms with Crippen molar-refractivity contribution in [1.82, 2.24) is 9.80 Å². The summed E-state index contributed by atoms with van der Waals surface area (Å²) in [4.78, 5) is 30.0. The Morgan fingerprint density at radius 1 is 1.21 bits per heavy atom. The molecule has 0 unspecified atom stereocenters. The van der Waals surface area contributed by atoms with Gasteiger partial charge in [-0.25, -0.2) is 4.79 Å². The summed E-state index contributed by atoms with van der Waals surface area (Å²) in [5, 5.41) is 42.7. The van der Waals surface area contributed by atoms with Gasteiger partial charge in [-0.15, -0.1) is 0 Å². The molecule has 11 heteroatoms. The van der Waals surface area contributed by atoms with Gasteiger partial charge in [0.2, 0.25) is 0 Å². The van der Waals surface area contributed by atoms with Gasteiger partial charge >= 0.3 is 12.1 Å². The van der Waals surface area contributed by atoms with E-state index in [4.69, 9.17) is 14.2 Å². The molecule has 0 aromatic carbocycles. The van der Waals surface area contributed by atoms with Gasteiger partial charge in [0.15, 0.2) is 6.10 Å². The number of piperazine rings is 1. The molecule has 0 radical (unpaired) electrons. The molecule has 1 fully saturated rings. The third kappa shape index (κ3) is 12.6. The highest BCUT2D eigenvalue weighted by Crippen LogP contribution is 2.30. The number of aliphatic hydroxyl groups is 4. The van der Waals surface area contributed by atoms with Crippen molar-refractivity contribution in [1.29, 1.82) is 0 Å². The van der Waals surface area contributed by atoms with Crippen LogP contribution in [0.3, 0.4) is 0 Å². The van der Waals surface area contributed by atoms with Gasteiger partial charge in [0, 0.05) is 45.1 Å². The first-order valence-electron chi connectivity index (χ1n) is 17.1. The van der Waals surface area contributed by atoms with E-state index >= 15 is 0 Å². The van der Waals surface area contributed by atoms with Crippen molar-refractivity contribution in [2.45, 2.75) is 122 Å². The summed E-state index contributed by atoms with van der Waals surface area (Å²) < 4.78 is 17.8. The minimum Gasteiger partial charge on any atom is -0.457 e. The van der Waals surface area contributed by atoms with Crippen molar-refractivity contribution < 1.29 is 44.2 Å². The van der Waals surface area contributed by atoms with Gasteiger partial charge < -0.3 is 44.4 Å². The van der Waals surface area contributed by atoms with Crippen molar-refractivity contribution in [2.75, 3.05) is 40.3 Å². The van der Waals surface area contributed by atoms with E-state index in [1.165, 1.54) is 0 Å². The molecule has 4 N–H and O–H groups in total. The summed E-state index contributed by atoms with van der Waals surface area (Å²) in [7, 11) is 3.56. The van der Waals surface area contributed by atoms with E-state index in [0.29, 0.717) is 31.5 Å². The summed E-state index contributed by atoms with van der Waals surface area (Å²) >= 11 is 0. The lowest BCUT2D eigenvalue weighted by Crippen LogP contribution is -2.50. The maximum Gasteiger partial charge on any atom is 0.410 e. The third-order valence-electron chi connectivity index (χ3n) is 9.90. The van der Waals surface area contributed by atoms with Crippen molar-refractivity contribution >= 4 is 12.1 Å². The van der Waals surface area contributed by atoms with E-state index in [-0.39, 0.29) is 37.0 Å². The quantitative estimate of drug-likeness (QED) is 0.146. The topological polar surface area (TPSA) is 149 Å². The van der Waals surface area contributed by atoms with Crippen LogP contribution < -0.4 is 0 Å². The number of amides is 1. The smallest absolute Gasteiger partial charge is 0.410 e. The second-order valence-electron chi connectivity index (χ2n) is 14.3. The summed E-state index contributed by atoms with van der Waals surface area (Å²) in [6, 6.07) is 0. The number of hydrogen-bond donors (Lipinski definition) is 4. The molecule has 1 saturated heterocycles. The van der Waals surface area contributed by atoms with Gasteiger partial charge in [-0.1, -0.05) is 52.0 Å². The predicted octanol–water partition coefficient (Wildman–Crippen LogP) is 3.84. The molecule has 10 atom stereocenters. The minimum absolute atomic E-state index is 0.193. The molecular formula is C36H62N2O9. The van der Waals surface area contributed by atoms with Crippen LogP contribution in [0, 0.1) is 17.8 Å². The van der Waals surface area contributed by atoms with Crippen LogP contribution in [0.2, 0.25) is 0 Å². The van der Waals surface area contributed by atoms with Crippen molar-refractivity contribution in [3.63, 3.8) is 0 Å². The SMILES string of the molecule is CC[C@H](O)[C@@H](C)[C@@H](O)[C@H](C)C[C@@](C)(O)/C=C/C=C(\C)[C@H]1OC(=O)C[C@H](O)CC[C@@](C)(OC)[C@@H](OC(=O)N2CCN(C)CC2)/C=C/[C@@H]1C. The first kappa shape index (κ1) is 40.9. The predicted molar refractivity (Wildman–Crippen MR) is 182 cm³/mol. The maximum atomic E-state index is 13.2. The highest BCUT2D eigenvalue weighted by Gasteiger charge is 2.39. The van der Waals surface area contributed by atoms with Crippen LogP contribution in [0.1, 0.15) is 80.6 Å². The number of allylic oxidation sites excluding steroid dienone is 2. The fourth-order valence-electron chi connectivity index (χ4n) is 6.29. The molecular weight excluding hydrogens is 604 g/mol. The molecule has 0 saturated carbocycles. The van der Waals surface area contributed by atoms with Crippen LogP contribution >= 0.6 is 0 Å². The van der Waals surface area contributed by atoms with E-state index < -0.39 is 53.8 Å². The van der Waals surface area contributed by atoms with Gasteiger partial charge in [0.1, 0.15) is 11.7 Å². The Morgan fingerprint density at radius 2 is 1.85 bits per heavy atom. The zero-order valence-corrected chi connectivity index (χ0v) is 30.1. The lowest BCUT2D eigenvalue weighted by molar-refractivity contribution is -0.151. The number of rotatable bonds is 11. The Labute approximate surface area is 282 Å². The molecule has 47 heavy (non-hydrogen) atoms. The van der Waals surface area contributed by atoms with Gasteiger partial charge in [0.05, 0.1) is 30.3 Å². The number of hydrogen-bond acceptors (Lipinski definition) is 10. The number of carbonyl (C=O) groups excluding carboxylic acids is 2. The van der Waals surface area contributed by atoms with E-state index in [0.717, 1.165) is 13.1 Å². The van der Waals surface area contributed by atoms with Crippen LogP contribution in [0.4, 0.5) is 4.79 Å². The van der Waals surface area contributed by atoms with Crippen LogP contribution in [-0.2, 0) is 19.0 Å². The molecule has 0 aromatic rings. The number of methoxy groups -OCH3 is 1. The zero-order chi connectivity index (χ0) is 35.5. The summed E-state index contributed by atoms with van der Waals surface area (Å²) in [5.41, 5.74) is -1.48. The van der Waals surface area contributed by atoms with Crippen molar-refractivity contribution in [3.05, 3.63) is 36.0 Å². The average Bonchev–Trinajstić information content (AvgIpc) is 3.02. The van der Waals surface area contributed by atoms with Gasteiger partial charge in [-0.3, -0.25) is 4.79 Å². The highest BCUT2D eigenvalue weighted by molar-refractivity contribution is 5.70. The number of nitrogens with zero attached hydrogens (tertiary/aromatic N) is 2. The number of ether oxygens (including phenoxy) is 3. The molecule has 2 aliphatic rings. The first-order valence-corrected chi connectivity index (χ1v) is 17.1. The molecule has 270 valence electrons. The van der Waals surface area contributed by atoms with Crippen LogP contribution in [0.15, 0.2) is 36.0 Å². The normalized spacial score (nSPS) is 31.9. The molecule has 2 aliphatic heterocycles. The molecule has 0 spiro atoms. The summed E-state index contributed by atoms with van der Waals surface area (Å²) in [5.74, 6) is -1.46. The number of carbonyl (C=O) groups is 2. The standard InChI is InChI=1S/C36H62N2O9/c1-10-29(40)27(5)32(42)26(4)23-35(6,44)16-11-12-24(2)33-25(3)13-14-30(46-34(43)38-20-18-37(8)19-21-38)36(7,45-9)17-15-28(39)22-31(41)47-33/h11-14,16,25-30,32-33,39-40,42,44H,10,15,17-23H2,1-9H3/b14-13+,16-11+,24-12+/t25-,26+,27+,28+,29-,30-,32-,33+,35-,36+/m0/s1. The molecule has 1 amide bonds. The maximum absolute atomic E-state index is 13.2. The van der Waals surface area contributed by atoms with Gasteiger partial charge in [-0.05, 0) is 71.1 Å². The highest BCUT2D eigenvalue weighted by atomic mass is 16.6. The largest absolute Gasteiger partial charge is 0.457 e. The molecule has 2 heterocycles. The van der Waals surface area contributed by atoms with E-state index in [9.17, 15) is 30.0 Å². The molecule has 0 aliphatic carbocycles. The van der Waals surface area contributed by atoms with Crippen molar-refractivity contribution in [3.8, 4) is 0 Å². The van der Waals surface area contributed by atoms with Gasteiger partial charge in [0.25, 0.3) is 0 Å². The van der Waals surface area contributed by atoms with Crippen LogP contribution in [-0.4, -0.2) is 124 Å². The van der Waals surface area contributed by atoms with E-state index in [1.807, 2.05) is 47.7 Å². The zero-order valence-electron chi connectivity index (χ0n) is 30.1. The monoisotopic (exact) mass is 666 g/mol. The average molecular weight is 667 g/mol. The first-order chi connectivity index (χ1) is 21.9. The molecule has 11 nitrogen and oxygen atoms in total. The fourth-order valence-corrected chi connectivity index (χ4v) is 6.29. The van der Waals surface area contributed by atoms with Crippen LogP contribution in [0.5, 0.6) is 0 Å². The summed E-state index contributed by atoms with van der Waals surface area (Å²) in [6.45, 7) is 15.4.